The average molecular weight is 358 g/mol. The van der Waals surface area contributed by atoms with E-state index in [0.29, 0.717) is 13.1 Å². The third-order valence-corrected chi connectivity index (χ3v) is 4.65. The zero-order valence-corrected chi connectivity index (χ0v) is 14.7. The van der Waals surface area contributed by atoms with E-state index in [1.165, 1.54) is 36.4 Å². The van der Waals surface area contributed by atoms with Crippen LogP contribution in [0.15, 0.2) is 48.5 Å². The van der Waals surface area contributed by atoms with Gasteiger partial charge in [0.15, 0.2) is 0 Å². The maximum Gasteiger partial charge on any atom is 0.254 e. The molecule has 4 nitrogen and oxygen atoms in total. The first-order valence-corrected chi connectivity index (χ1v) is 8.50. The van der Waals surface area contributed by atoms with E-state index < -0.39 is 11.6 Å². The van der Waals surface area contributed by atoms with Gasteiger partial charge in [0.05, 0.1) is 0 Å². The summed E-state index contributed by atoms with van der Waals surface area (Å²) < 4.78 is 26.8. The van der Waals surface area contributed by atoms with Crippen molar-refractivity contribution in [3.8, 4) is 0 Å². The highest BCUT2D eigenvalue weighted by atomic mass is 19.1. The van der Waals surface area contributed by atoms with Crippen LogP contribution in [0.1, 0.15) is 34.6 Å². The van der Waals surface area contributed by atoms with Gasteiger partial charge in [-0.25, -0.2) is 8.78 Å². The summed E-state index contributed by atoms with van der Waals surface area (Å²) in [5.74, 6) is -1.45. The highest BCUT2D eigenvalue weighted by Gasteiger charge is 2.35. The van der Waals surface area contributed by atoms with Crippen molar-refractivity contribution in [1.82, 2.24) is 9.80 Å². The topological polar surface area (TPSA) is 40.6 Å². The monoisotopic (exact) mass is 358 g/mol. The van der Waals surface area contributed by atoms with E-state index in [4.69, 9.17) is 0 Å². The van der Waals surface area contributed by atoms with Crippen LogP contribution in [0.3, 0.4) is 0 Å². The molecule has 6 heteroatoms. The molecule has 1 aliphatic rings. The maximum absolute atomic E-state index is 13.4. The number of rotatable bonds is 2. The van der Waals surface area contributed by atoms with Gasteiger partial charge in [0.2, 0.25) is 0 Å². The van der Waals surface area contributed by atoms with Crippen molar-refractivity contribution in [3.63, 3.8) is 0 Å². The fourth-order valence-electron chi connectivity index (χ4n) is 3.27. The van der Waals surface area contributed by atoms with Gasteiger partial charge < -0.3 is 9.80 Å². The largest absolute Gasteiger partial charge is 0.332 e. The fourth-order valence-corrected chi connectivity index (χ4v) is 3.27. The Labute approximate surface area is 151 Å². The molecule has 2 aromatic rings. The lowest BCUT2D eigenvalue weighted by atomic mass is 10.0. The van der Waals surface area contributed by atoms with Crippen molar-refractivity contribution in [2.45, 2.75) is 25.9 Å². The highest BCUT2D eigenvalue weighted by Crippen LogP contribution is 2.21. The van der Waals surface area contributed by atoms with Crippen LogP contribution >= 0.6 is 0 Å². The molecule has 26 heavy (non-hydrogen) atoms. The maximum atomic E-state index is 13.4. The summed E-state index contributed by atoms with van der Waals surface area (Å²) in [5.41, 5.74) is 0.572. The van der Waals surface area contributed by atoms with E-state index in [1.807, 2.05) is 13.8 Å². The normalized spacial score (nSPS) is 20.2. The Hall–Kier alpha value is -2.76. The molecule has 0 unspecified atom stereocenters. The van der Waals surface area contributed by atoms with Gasteiger partial charge in [-0.1, -0.05) is 12.1 Å². The number of nitrogens with zero attached hydrogens (tertiary/aromatic N) is 2. The number of hydrogen-bond donors (Lipinski definition) is 0. The fraction of sp³-hybridized carbons (Fsp3) is 0.300. The summed E-state index contributed by atoms with van der Waals surface area (Å²) in [4.78, 5) is 28.7. The molecular weight excluding hydrogens is 338 g/mol. The van der Waals surface area contributed by atoms with Crippen LogP contribution in [0.2, 0.25) is 0 Å². The molecule has 2 aromatic carbocycles. The number of amides is 2. The minimum atomic E-state index is -0.462. The zero-order valence-electron chi connectivity index (χ0n) is 14.7. The van der Waals surface area contributed by atoms with Crippen molar-refractivity contribution in [1.29, 1.82) is 0 Å². The highest BCUT2D eigenvalue weighted by molar-refractivity contribution is 5.96. The first-order valence-electron chi connectivity index (χ1n) is 8.50. The van der Waals surface area contributed by atoms with E-state index in [2.05, 4.69) is 0 Å². The number of benzene rings is 2. The molecule has 0 saturated carbocycles. The molecule has 0 N–H and O–H groups in total. The molecule has 1 heterocycles. The summed E-state index contributed by atoms with van der Waals surface area (Å²) in [7, 11) is 0. The van der Waals surface area contributed by atoms with Crippen molar-refractivity contribution in [2.24, 2.45) is 0 Å². The molecule has 0 bridgehead atoms. The van der Waals surface area contributed by atoms with Crippen LogP contribution in [-0.4, -0.2) is 46.8 Å². The van der Waals surface area contributed by atoms with Crippen molar-refractivity contribution >= 4 is 11.8 Å². The van der Waals surface area contributed by atoms with Crippen LogP contribution in [-0.2, 0) is 0 Å². The van der Waals surface area contributed by atoms with E-state index in [-0.39, 0.29) is 35.0 Å². The van der Waals surface area contributed by atoms with Crippen LogP contribution in [0.25, 0.3) is 0 Å². The molecule has 0 aromatic heterocycles. The lowest BCUT2D eigenvalue weighted by Crippen LogP contribution is -2.59. The Bertz CT molecular complexity index is 771. The molecule has 1 saturated heterocycles. The van der Waals surface area contributed by atoms with E-state index in [9.17, 15) is 18.4 Å². The van der Waals surface area contributed by atoms with Gasteiger partial charge in [-0.15, -0.1) is 0 Å². The van der Waals surface area contributed by atoms with Crippen molar-refractivity contribution in [3.05, 3.63) is 71.3 Å². The number of halogens is 2. The van der Waals surface area contributed by atoms with Gasteiger partial charge in [-0.3, -0.25) is 9.59 Å². The predicted octanol–water partition coefficient (Wildman–Crippen LogP) is 3.34. The molecule has 0 aliphatic carbocycles. The average Bonchev–Trinajstić information content (AvgIpc) is 2.62. The second-order valence-corrected chi connectivity index (χ2v) is 6.63. The van der Waals surface area contributed by atoms with Crippen LogP contribution in [0.4, 0.5) is 8.78 Å². The lowest BCUT2D eigenvalue weighted by Gasteiger charge is -2.44. The van der Waals surface area contributed by atoms with Crippen molar-refractivity contribution in [2.75, 3.05) is 13.1 Å². The van der Waals surface area contributed by atoms with Crippen LogP contribution in [0, 0.1) is 11.6 Å². The number of carbonyl (C=O) groups excluding carboxylic acids is 2. The summed E-state index contributed by atoms with van der Waals surface area (Å²) in [6.45, 7) is 4.35. The van der Waals surface area contributed by atoms with Gasteiger partial charge in [-0.05, 0) is 50.2 Å². The summed E-state index contributed by atoms with van der Waals surface area (Å²) in [6, 6.07) is 10.7. The third-order valence-electron chi connectivity index (χ3n) is 4.65. The predicted molar refractivity (Wildman–Crippen MR) is 93.8 cm³/mol. The molecule has 3 rings (SSSR count). The molecule has 136 valence electrons. The minimum Gasteiger partial charge on any atom is -0.332 e. The second-order valence-electron chi connectivity index (χ2n) is 6.63. The molecule has 1 aliphatic heterocycles. The second kappa shape index (κ2) is 7.23. The SMILES string of the molecule is C[C@@H]1CN(C(=O)c2cccc(F)c2)[C@@H](C)CN1C(=O)c1cccc(F)c1. The van der Waals surface area contributed by atoms with E-state index in [0.717, 1.165) is 0 Å². The molecule has 2 atom stereocenters. The molecule has 0 radical (unpaired) electrons. The van der Waals surface area contributed by atoms with Crippen LogP contribution in [0.5, 0.6) is 0 Å². The first-order chi connectivity index (χ1) is 12.4. The van der Waals surface area contributed by atoms with E-state index in [1.54, 1.807) is 21.9 Å². The molecule has 2 amide bonds. The van der Waals surface area contributed by atoms with Gasteiger partial charge in [0, 0.05) is 36.3 Å². The Kier molecular flexibility index (Phi) is 5.02. The summed E-state index contributed by atoms with van der Waals surface area (Å²) in [5, 5.41) is 0. The van der Waals surface area contributed by atoms with Gasteiger partial charge in [-0.2, -0.15) is 0 Å². The molecular formula is C20H20F2N2O2. The standard InChI is InChI=1S/C20H20F2N2O2/c1-13-11-24(20(26)16-6-4-8-18(22)10-16)14(2)12-23(13)19(25)15-5-3-7-17(21)9-15/h3-10,13-14H,11-12H2,1-2H3/t13-,14+. The van der Waals surface area contributed by atoms with Gasteiger partial charge in [0.1, 0.15) is 11.6 Å². The van der Waals surface area contributed by atoms with Gasteiger partial charge in [0.25, 0.3) is 11.8 Å². The zero-order chi connectivity index (χ0) is 18.8. The first kappa shape index (κ1) is 18.0. The summed E-state index contributed by atoms with van der Waals surface area (Å²) >= 11 is 0. The third kappa shape index (κ3) is 3.59. The van der Waals surface area contributed by atoms with Crippen LogP contribution < -0.4 is 0 Å². The van der Waals surface area contributed by atoms with E-state index >= 15 is 0 Å². The Morgan fingerprint density at radius 1 is 0.808 bits per heavy atom. The van der Waals surface area contributed by atoms with Crippen molar-refractivity contribution < 1.29 is 18.4 Å². The molecule has 0 spiro atoms. The molecule has 1 fully saturated rings. The Morgan fingerprint density at radius 3 is 1.54 bits per heavy atom. The van der Waals surface area contributed by atoms with Gasteiger partial charge >= 0.3 is 0 Å². The lowest BCUT2D eigenvalue weighted by molar-refractivity contribution is 0.0269. The Balaban J connectivity index is 1.77. The smallest absolute Gasteiger partial charge is 0.254 e. The minimum absolute atomic E-state index is 0.237. The number of carbonyl (C=O) groups is 2. The Morgan fingerprint density at radius 2 is 1.19 bits per heavy atom. The summed E-state index contributed by atoms with van der Waals surface area (Å²) in [6.07, 6.45) is 0. The number of hydrogen-bond acceptors (Lipinski definition) is 2. The quantitative estimate of drug-likeness (QED) is 0.826. The number of piperazine rings is 1.